The highest BCUT2D eigenvalue weighted by molar-refractivity contribution is 5.68. The van der Waals surface area contributed by atoms with Crippen LogP contribution in [-0.2, 0) is 5.41 Å². The number of hydrogen-bond donors (Lipinski definition) is 1. The Hall–Kier alpha value is -1.96. The quantitative estimate of drug-likeness (QED) is 0.749. The highest BCUT2D eigenvalue weighted by Gasteiger charge is 2.23. The van der Waals surface area contributed by atoms with E-state index in [1.54, 1.807) is 0 Å². The molecule has 0 bridgehead atoms. The lowest BCUT2D eigenvalue weighted by Gasteiger charge is -2.29. The highest BCUT2D eigenvalue weighted by atomic mass is 15.1. The molecule has 2 heteroatoms. The van der Waals surface area contributed by atoms with Crippen LogP contribution in [0.15, 0.2) is 48.5 Å². The lowest BCUT2D eigenvalue weighted by molar-refractivity contribution is 0.474. The molecule has 0 unspecified atom stereocenters. The van der Waals surface area contributed by atoms with Crippen molar-refractivity contribution in [3.63, 3.8) is 0 Å². The van der Waals surface area contributed by atoms with Gasteiger partial charge in [-0.25, -0.2) is 0 Å². The van der Waals surface area contributed by atoms with Gasteiger partial charge in [0.2, 0.25) is 0 Å². The third kappa shape index (κ3) is 3.82. The van der Waals surface area contributed by atoms with Gasteiger partial charge in [-0.15, -0.1) is 0 Å². The summed E-state index contributed by atoms with van der Waals surface area (Å²) in [6, 6.07) is 17.1. The van der Waals surface area contributed by atoms with Crippen molar-refractivity contribution in [2.24, 2.45) is 0 Å². The SMILES string of the molecule is CCCC(C)(C)c1cc(N(C)C)ccc1Nc1ccccc1. The minimum atomic E-state index is 0.151. The number of nitrogens with zero attached hydrogens (tertiary/aromatic N) is 1. The van der Waals surface area contributed by atoms with Crippen LogP contribution in [0.2, 0.25) is 0 Å². The van der Waals surface area contributed by atoms with Crippen molar-refractivity contribution >= 4 is 17.1 Å². The van der Waals surface area contributed by atoms with Gasteiger partial charge in [-0.1, -0.05) is 45.4 Å². The predicted octanol–water partition coefficient (Wildman–Crippen LogP) is 5.57. The zero-order chi connectivity index (χ0) is 16.2. The Morgan fingerprint density at radius 3 is 2.27 bits per heavy atom. The Morgan fingerprint density at radius 2 is 1.68 bits per heavy atom. The molecule has 0 saturated heterocycles. The normalized spacial score (nSPS) is 11.3. The molecule has 1 N–H and O–H groups in total. The van der Waals surface area contributed by atoms with E-state index in [9.17, 15) is 0 Å². The molecular weight excluding hydrogens is 268 g/mol. The third-order valence-corrected chi connectivity index (χ3v) is 4.18. The molecule has 2 aromatic rings. The lowest BCUT2D eigenvalue weighted by atomic mass is 9.79. The van der Waals surface area contributed by atoms with E-state index < -0.39 is 0 Å². The van der Waals surface area contributed by atoms with Crippen LogP contribution in [0.25, 0.3) is 0 Å². The second-order valence-electron chi connectivity index (χ2n) is 6.75. The first-order chi connectivity index (χ1) is 10.4. The average Bonchev–Trinajstić information content (AvgIpc) is 2.48. The van der Waals surface area contributed by atoms with Crippen molar-refractivity contribution in [2.75, 3.05) is 24.3 Å². The minimum absolute atomic E-state index is 0.151. The zero-order valence-electron chi connectivity index (χ0n) is 14.5. The van der Waals surface area contributed by atoms with E-state index in [0.29, 0.717) is 0 Å². The summed E-state index contributed by atoms with van der Waals surface area (Å²) in [7, 11) is 4.19. The summed E-state index contributed by atoms with van der Waals surface area (Å²) in [4.78, 5) is 2.16. The van der Waals surface area contributed by atoms with Gasteiger partial charge in [-0.3, -0.25) is 0 Å². The monoisotopic (exact) mass is 296 g/mol. The van der Waals surface area contributed by atoms with Gasteiger partial charge in [0.15, 0.2) is 0 Å². The van der Waals surface area contributed by atoms with Crippen LogP contribution in [0.4, 0.5) is 17.1 Å². The van der Waals surface area contributed by atoms with Gasteiger partial charge in [-0.2, -0.15) is 0 Å². The number of para-hydroxylation sites is 1. The van der Waals surface area contributed by atoms with Gasteiger partial charge in [0, 0.05) is 31.2 Å². The van der Waals surface area contributed by atoms with Crippen molar-refractivity contribution in [2.45, 2.75) is 39.0 Å². The second kappa shape index (κ2) is 6.87. The highest BCUT2D eigenvalue weighted by Crippen LogP contribution is 2.37. The molecule has 0 saturated carbocycles. The van der Waals surface area contributed by atoms with Crippen LogP contribution in [0.5, 0.6) is 0 Å². The molecule has 0 aliphatic rings. The molecule has 2 nitrogen and oxygen atoms in total. The number of hydrogen-bond acceptors (Lipinski definition) is 2. The average molecular weight is 296 g/mol. The minimum Gasteiger partial charge on any atom is -0.378 e. The summed E-state index contributed by atoms with van der Waals surface area (Å²) in [5, 5.41) is 3.58. The van der Waals surface area contributed by atoms with E-state index in [-0.39, 0.29) is 5.41 Å². The predicted molar refractivity (Wildman–Crippen MR) is 98.4 cm³/mol. The lowest BCUT2D eigenvalue weighted by Crippen LogP contribution is -2.20. The summed E-state index contributed by atoms with van der Waals surface area (Å²) < 4.78 is 0. The summed E-state index contributed by atoms with van der Waals surface area (Å²) in [6.07, 6.45) is 2.36. The van der Waals surface area contributed by atoms with Gasteiger partial charge in [-0.05, 0) is 47.7 Å². The Balaban J connectivity index is 2.44. The standard InChI is InChI=1S/C20H28N2/c1-6-14-20(2,3)18-15-17(22(4)5)12-13-19(18)21-16-10-8-7-9-11-16/h7-13,15,21H,6,14H2,1-5H3. The van der Waals surface area contributed by atoms with Crippen molar-refractivity contribution in [3.05, 3.63) is 54.1 Å². The number of benzene rings is 2. The van der Waals surface area contributed by atoms with Crippen LogP contribution in [0.1, 0.15) is 39.2 Å². The second-order valence-corrected chi connectivity index (χ2v) is 6.75. The maximum atomic E-state index is 3.58. The van der Waals surface area contributed by atoms with Crippen LogP contribution in [0, 0.1) is 0 Å². The fourth-order valence-corrected chi connectivity index (χ4v) is 2.92. The third-order valence-electron chi connectivity index (χ3n) is 4.18. The molecule has 0 spiro atoms. The van der Waals surface area contributed by atoms with Crippen LogP contribution in [-0.4, -0.2) is 14.1 Å². The Labute approximate surface area is 135 Å². The molecule has 0 atom stereocenters. The molecule has 2 rings (SSSR count). The van der Waals surface area contributed by atoms with Crippen molar-refractivity contribution in [1.29, 1.82) is 0 Å². The van der Waals surface area contributed by atoms with Crippen molar-refractivity contribution < 1.29 is 0 Å². The summed E-state index contributed by atoms with van der Waals surface area (Å²) in [5.74, 6) is 0. The molecule has 0 heterocycles. The van der Waals surface area contributed by atoms with Gasteiger partial charge in [0.05, 0.1) is 0 Å². The molecular formula is C20H28N2. The fourth-order valence-electron chi connectivity index (χ4n) is 2.92. The maximum absolute atomic E-state index is 3.58. The van der Waals surface area contributed by atoms with Gasteiger partial charge < -0.3 is 10.2 Å². The summed E-state index contributed by atoms with van der Waals surface area (Å²) >= 11 is 0. The molecule has 0 aromatic heterocycles. The topological polar surface area (TPSA) is 15.3 Å². The van der Waals surface area contributed by atoms with Gasteiger partial charge in [0.25, 0.3) is 0 Å². The van der Waals surface area contributed by atoms with Crippen LogP contribution in [0.3, 0.4) is 0 Å². The Morgan fingerprint density at radius 1 is 1.00 bits per heavy atom. The molecule has 2 aromatic carbocycles. The molecule has 118 valence electrons. The van der Waals surface area contributed by atoms with E-state index in [1.807, 2.05) is 6.07 Å². The first kappa shape index (κ1) is 16.4. The number of nitrogens with one attached hydrogen (secondary N) is 1. The summed E-state index contributed by atoms with van der Waals surface area (Å²) in [6.45, 7) is 6.92. The van der Waals surface area contributed by atoms with E-state index in [0.717, 1.165) is 5.69 Å². The summed E-state index contributed by atoms with van der Waals surface area (Å²) in [5.41, 5.74) is 5.11. The van der Waals surface area contributed by atoms with Crippen molar-refractivity contribution in [3.8, 4) is 0 Å². The zero-order valence-corrected chi connectivity index (χ0v) is 14.5. The molecule has 0 aliphatic heterocycles. The maximum Gasteiger partial charge on any atom is 0.0423 e. The molecule has 0 radical (unpaired) electrons. The Kier molecular flexibility index (Phi) is 5.12. The van der Waals surface area contributed by atoms with Crippen LogP contribution < -0.4 is 10.2 Å². The number of rotatable bonds is 6. The first-order valence-corrected chi connectivity index (χ1v) is 8.08. The Bertz CT molecular complexity index is 600. The molecule has 0 amide bonds. The van der Waals surface area contributed by atoms with E-state index >= 15 is 0 Å². The molecule has 0 fully saturated rings. The van der Waals surface area contributed by atoms with E-state index in [1.165, 1.54) is 29.8 Å². The largest absolute Gasteiger partial charge is 0.378 e. The first-order valence-electron chi connectivity index (χ1n) is 8.08. The molecule has 22 heavy (non-hydrogen) atoms. The molecule has 0 aliphatic carbocycles. The smallest absolute Gasteiger partial charge is 0.0423 e. The van der Waals surface area contributed by atoms with E-state index in [2.05, 4.69) is 87.5 Å². The van der Waals surface area contributed by atoms with Crippen LogP contribution >= 0.6 is 0 Å². The van der Waals surface area contributed by atoms with Crippen molar-refractivity contribution in [1.82, 2.24) is 0 Å². The van der Waals surface area contributed by atoms with Gasteiger partial charge >= 0.3 is 0 Å². The van der Waals surface area contributed by atoms with Gasteiger partial charge in [0.1, 0.15) is 0 Å². The fraction of sp³-hybridized carbons (Fsp3) is 0.400. The number of anilines is 3. The van der Waals surface area contributed by atoms with E-state index in [4.69, 9.17) is 0 Å².